The lowest BCUT2D eigenvalue weighted by Gasteiger charge is -2.02. The van der Waals surface area contributed by atoms with E-state index in [2.05, 4.69) is 9.97 Å². The van der Waals surface area contributed by atoms with Gasteiger partial charge in [-0.25, -0.2) is 4.98 Å². The number of Topliss-reactive ketones (excluding diaryl/α,β-unsaturated/α-hetero) is 1. The minimum atomic E-state index is -0.0145. The molecule has 2 aromatic rings. The van der Waals surface area contributed by atoms with Crippen molar-refractivity contribution in [3.63, 3.8) is 0 Å². The number of carbonyl (C=O) groups is 1. The smallest absolute Gasteiger partial charge is 0.200 e. The van der Waals surface area contributed by atoms with Crippen molar-refractivity contribution in [2.24, 2.45) is 5.92 Å². The number of hydrogen-bond donors (Lipinski definition) is 1. The van der Waals surface area contributed by atoms with Crippen LogP contribution in [0.3, 0.4) is 0 Å². The lowest BCUT2D eigenvalue weighted by atomic mass is 10.0. The topological polar surface area (TPSA) is 45.8 Å². The summed E-state index contributed by atoms with van der Waals surface area (Å²) in [5.41, 5.74) is 1.47. The molecule has 0 amide bonds. The molecule has 16 heavy (non-hydrogen) atoms. The maximum Gasteiger partial charge on any atom is 0.200 e. The van der Waals surface area contributed by atoms with Gasteiger partial charge in [0.15, 0.2) is 5.82 Å². The molecule has 1 heterocycles. The van der Waals surface area contributed by atoms with Gasteiger partial charge in [-0.1, -0.05) is 31.5 Å². The summed E-state index contributed by atoms with van der Waals surface area (Å²) < 4.78 is 0. The second kappa shape index (κ2) is 4.26. The third-order valence-electron chi connectivity index (χ3n) is 2.76. The van der Waals surface area contributed by atoms with Crippen LogP contribution in [0.4, 0.5) is 0 Å². The predicted molar refractivity (Wildman–Crippen MR) is 64.9 cm³/mol. The van der Waals surface area contributed by atoms with Gasteiger partial charge in [-0.2, -0.15) is 0 Å². The Labute approximate surface area is 98.8 Å². The van der Waals surface area contributed by atoms with Crippen LogP contribution in [0.25, 0.3) is 11.0 Å². The van der Waals surface area contributed by atoms with Gasteiger partial charge in [0, 0.05) is 5.92 Å². The average Bonchev–Trinajstić information content (AvgIpc) is 2.72. The summed E-state index contributed by atoms with van der Waals surface area (Å²) in [6.45, 7) is 3.88. The van der Waals surface area contributed by atoms with Gasteiger partial charge in [-0.3, -0.25) is 4.79 Å². The van der Waals surface area contributed by atoms with Crippen LogP contribution in [0.5, 0.6) is 0 Å². The van der Waals surface area contributed by atoms with Crippen molar-refractivity contribution in [3.8, 4) is 0 Å². The lowest BCUT2D eigenvalue weighted by molar-refractivity contribution is 0.0918. The van der Waals surface area contributed by atoms with E-state index >= 15 is 0 Å². The van der Waals surface area contributed by atoms with Crippen LogP contribution in [0.2, 0.25) is 5.02 Å². The largest absolute Gasteiger partial charge is 0.335 e. The van der Waals surface area contributed by atoms with Crippen LogP contribution in [-0.2, 0) is 0 Å². The molecule has 0 radical (unpaired) electrons. The zero-order valence-corrected chi connectivity index (χ0v) is 10.0. The molecular weight excluding hydrogens is 224 g/mol. The van der Waals surface area contributed by atoms with Crippen molar-refractivity contribution in [1.29, 1.82) is 0 Å². The van der Waals surface area contributed by atoms with Gasteiger partial charge in [0.25, 0.3) is 0 Å². The Hall–Kier alpha value is -1.35. The number of aromatic nitrogens is 2. The number of ketones is 1. The summed E-state index contributed by atoms with van der Waals surface area (Å²) in [5.74, 6) is 0.423. The summed E-state index contributed by atoms with van der Waals surface area (Å²) in [6.07, 6.45) is 0.809. The third kappa shape index (κ3) is 1.83. The molecular formula is C12H13ClN2O. The number of aromatic amines is 1. The quantitative estimate of drug-likeness (QED) is 0.830. The Kier molecular flexibility index (Phi) is 2.97. The zero-order chi connectivity index (χ0) is 11.7. The molecule has 0 saturated carbocycles. The molecule has 0 spiro atoms. The van der Waals surface area contributed by atoms with Crippen molar-refractivity contribution in [2.45, 2.75) is 20.3 Å². The van der Waals surface area contributed by atoms with Crippen LogP contribution < -0.4 is 0 Å². The SMILES string of the molecule is CCC(C)C(=O)c1nc2c(Cl)cccc2[nH]1. The van der Waals surface area contributed by atoms with Crippen molar-refractivity contribution in [2.75, 3.05) is 0 Å². The first kappa shape index (κ1) is 11.1. The van der Waals surface area contributed by atoms with Gasteiger partial charge in [-0.05, 0) is 18.6 Å². The average molecular weight is 237 g/mol. The maximum absolute atomic E-state index is 11.9. The number of imidazole rings is 1. The summed E-state index contributed by atoms with van der Waals surface area (Å²) in [4.78, 5) is 19.2. The number of fused-ring (bicyclic) bond motifs is 1. The van der Waals surface area contributed by atoms with E-state index in [1.807, 2.05) is 26.0 Å². The molecule has 0 fully saturated rings. The van der Waals surface area contributed by atoms with E-state index in [1.165, 1.54) is 0 Å². The molecule has 0 aliphatic heterocycles. The summed E-state index contributed by atoms with van der Waals surface area (Å²) in [5, 5.41) is 0.567. The van der Waals surface area contributed by atoms with Gasteiger partial charge in [0.2, 0.25) is 5.78 Å². The van der Waals surface area contributed by atoms with E-state index in [1.54, 1.807) is 6.07 Å². The Morgan fingerprint density at radius 2 is 2.31 bits per heavy atom. The minimum Gasteiger partial charge on any atom is -0.335 e. The fourth-order valence-electron chi connectivity index (χ4n) is 1.53. The Morgan fingerprint density at radius 1 is 1.56 bits per heavy atom. The monoisotopic (exact) mass is 236 g/mol. The number of benzene rings is 1. The first-order valence-corrected chi connectivity index (χ1v) is 5.69. The molecule has 1 atom stereocenters. The van der Waals surface area contributed by atoms with Crippen LogP contribution in [0.1, 0.15) is 30.9 Å². The minimum absolute atomic E-state index is 0.0145. The first-order chi connectivity index (χ1) is 7.63. The van der Waals surface area contributed by atoms with Crippen LogP contribution in [0, 0.1) is 5.92 Å². The van der Waals surface area contributed by atoms with E-state index in [9.17, 15) is 4.79 Å². The van der Waals surface area contributed by atoms with Crippen LogP contribution in [-0.4, -0.2) is 15.8 Å². The first-order valence-electron chi connectivity index (χ1n) is 5.32. The number of H-pyrrole nitrogens is 1. The van der Waals surface area contributed by atoms with Crippen molar-refractivity contribution in [1.82, 2.24) is 9.97 Å². The number of nitrogens with zero attached hydrogens (tertiary/aromatic N) is 1. The van der Waals surface area contributed by atoms with E-state index in [0.717, 1.165) is 11.9 Å². The van der Waals surface area contributed by atoms with Crippen molar-refractivity contribution >= 4 is 28.4 Å². The highest BCUT2D eigenvalue weighted by atomic mass is 35.5. The molecule has 3 nitrogen and oxygen atoms in total. The fraction of sp³-hybridized carbons (Fsp3) is 0.333. The van der Waals surface area contributed by atoms with E-state index in [-0.39, 0.29) is 11.7 Å². The number of para-hydroxylation sites is 1. The zero-order valence-electron chi connectivity index (χ0n) is 9.25. The highest BCUT2D eigenvalue weighted by Crippen LogP contribution is 2.22. The van der Waals surface area contributed by atoms with Gasteiger partial charge < -0.3 is 4.98 Å². The normalized spacial score (nSPS) is 12.9. The Bertz CT molecular complexity index is 533. The van der Waals surface area contributed by atoms with Gasteiger partial charge in [0.05, 0.1) is 10.5 Å². The molecule has 4 heteroatoms. The van der Waals surface area contributed by atoms with Gasteiger partial charge in [-0.15, -0.1) is 0 Å². The fourth-order valence-corrected chi connectivity index (χ4v) is 1.75. The molecule has 0 aliphatic carbocycles. The van der Waals surface area contributed by atoms with E-state index < -0.39 is 0 Å². The number of nitrogens with one attached hydrogen (secondary N) is 1. The van der Waals surface area contributed by atoms with Gasteiger partial charge in [0.1, 0.15) is 5.52 Å². The lowest BCUT2D eigenvalue weighted by Crippen LogP contribution is -2.11. The third-order valence-corrected chi connectivity index (χ3v) is 3.06. The van der Waals surface area contributed by atoms with E-state index in [4.69, 9.17) is 11.6 Å². The van der Waals surface area contributed by atoms with Gasteiger partial charge >= 0.3 is 0 Å². The summed E-state index contributed by atoms with van der Waals surface area (Å²) >= 11 is 5.99. The highest BCUT2D eigenvalue weighted by Gasteiger charge is 2.17. The Morgan fingerprint density at radius 3 is 2.94 bits per heavy atom. The van der Waals surface area contributed by atoms with Crippen LogP contribution >= 0.6 is 11.6 Å². The molecule has 0 aliphatic rings. The van der Waals surface area contributed by atoms with Crippen LogP contribution in [0.15, 0.2) is 18.2 Å². The highest BCUT2D eigenvalue weighted by molar-refractivity contribution is 6.35. The van der Waals surface area contributed by atoms with E-state index in [0.29, 0.717) is 16.4 Å². The van der Waals surface area contributed by atoms with Crippen molar-refractivity contribution in [3.05, 3.63) is 29.0 Å². The number of hydrogen-bond acceptors (Lipinski definition) is 2. The number of halogens is 1. The standard InChI is InChI=1S/C12H13ClN2O/c1-3-7(2)11(16)12-14-9-6-4-5-8(13)10(9)15-12/h4-7H,3H2,1-2H3,(H,14,15). The Balaban J connectivity index is 2.48. The summed E-state index contributed by atoms with van der Waals surface area (Å²) in [7, 11) is 0. The predicted octanol–water partition coefficient (Wildman–Crippen LogP) is 3.45. The molecule has 1 unspecified atom stereocenters. The molecule has 1 aromatic heterocycles. The summed E-state index contributed by atoms with van der Waals surface area (Å²) in [6, 6.07) is 5.46. The molecule has 84 valence electrons. The molecule has 2 rings (SSSR count). The number of carbonyl (C=O) groups excluding carboxylic acids is 1. The molecule has 0 saturated heterocycles. The molecule has 0 bridgehead atoms. The number of rotatable bonds is 3. The second-order valence-corrected chi connectivity index (χ2v) is 4.30. The second-order valence-electron chi connectivity index (χ2n) is 3.89. The molecule has 1 N–H and O–H groups in total. The molecule has 1 aromatic carbocycles. The van der Waals surface area contributed by atoms with Crippen molar-refractivity contribution < 1.29 is 4.79 Å². The maximum atomic E-state index is 11.9.